The first-order valence-electron chi connectivity index (χ1n) is 5.01. The monoisotopic (exact) mass is 260 g/mol. The van der Waals surface area contributed by atoms with E-state index >= 15 is 0 Å². The van der Waals surface area contributed by atoms with Gasteiger partial charge in [-0.3, -0.25) is 0 Å². The lowest BCUT2D eigenvalue weighted by Gasteiger charge is -2.18. The number of para-hydroxylation sites is 1. The number of benzene rings is 1. The van der Waals surface area contributed by atoms with Crippen LogP contribution in [0.2, 0.25) is 5.02 Å². The molecule has 6 nitrogen and oxygen atoms in total. The molecule has 0 aliphatic rings. The van der Waals surface area contributed by atoms with Crippen molar-refractivity contribution in [2.24, 2.45) is 0 Å². The van der Waals surface area contributed by atoms with E-state index in [2.05, 4.69) is 15.0 Å². The first-order chi connectivity index (χ1) is 8.61. The summed E-state index contributed by atoms with van der Waals surface area (Å²) >= 11 is 6.07. The quantitative estimate of drug-likeness (QED) is 0.884. The molecule has 1 aromatic carbocycles. The van der Waals surface area contributed by atoms with Gasteiger partial charge in [0.1, 0.15) is 6.07 Å². The highest BCUT2D eigenvalue weighted by Gasteiger charge is 2.12. The molecule has 18 heavy (non-hydrogen) atoms. The number of halogens is 1. The van der Waals surface area contributed by atoms with Gasteiger partial charge in [-0.05, 0) is 12.1 Å². The van der Waals surface area contributed by atoms with E-state index in [4.69, 9.17) is 22.6 Å². The number of hydrogen-bond acceptors (Lipinski definition) is 6. The number of nitrogens with zero attached hydrogens (tertiary/aromatic N) is 5. The first kappa shape index (κ1) is 12.1. The number of nitriles is 1. The minimum Gasteiger partial charge on any atom is -0.368 e. The van der Waals surface area contributed by atoms with E-state index in [0.29, 0.717) is 10.7 Å². The predicted molar refractivity (Wildman–Crippen MR) is 68.5 cm³/mol. The number of anilines is 3. The molecule has 0 spiro atoms. The third kappa shape index (κ3) is 2.31. The van der Waals surface area contributed by atoms with E-state index in [-0.39, 0.29) is 17.7 Å². The summed E-state index contributed by atoms with van der Waals surface area (Å²) in [5.41, 5.74) is 6.23. The fourth-order valence-electron chi connectivity index (χ4n) is 1.41. The molecule has 0 fully saturated rings. The summed E-state index contributed by atoms with van der Waals surface area (Å²) in [6.45, 7) is 0. The van der Waals surface area contributed by atoms with Gasteiger partial charge in [-0.15, -0.1) is 0 Å². The summed E-state index contributed by atoms with van der Waals surface area (Å²) < 4.78 is 0. The van der Waals surface area contributed by atoms with Crippen molar-refractivity contribution in [3.63, 3.8) is 0 Å². The second kappa shape index (κ2) is 4.85. The van der Waals surface area contributed by atoms with E-state index in [9.17, 15) is 0 Å². The molecule has 7 heteroatoms. The highest BCUT2D eigenvalue weighted by Crippen LogP contribution is 2.28. The molecule has 0 unspecified atom stereocenters. The minimum absolute atomic E-state index is 0.00421. The molecule has 2 aromatic rings. The molecule has 1 heterocycles. The maximum absolute atomic E-state index is 8.79. The van der Waals surface area contributed by atoms with Gasteiger partial charge in [-0.1, -0.05) is 23.7 Å². The largest absolute Gasteiger partial charge is 0.368 e. The molecule has 0 radical (unpaired) electrons. The second-order valence-corrected chi connectivity index (χ2v) is 3.85. The summed E-state index contributed by atoms with van der Waals surface area (Å²) in [5.74, 6) is 0.235. The van der Waals surface area contributed by atoms with Crippen LogP contribution in [0, 0.1) is 11.3 Å². The maximum atomic E-state index is 8.79. The van der Waals surface area contributed by atoms with Crippen molar-refractivity contribution in [2.75, 3.05) is 17.7 Å². The molecule has 0 bridgehead atoms. The molecule has 90 valence electrons. The van der Waals surface area contributed by atoms with Crippen LogP contribution in [0.3, 0.4) is 0 Å². The SMILES string of the molecule is CN(c1nc(N)nc(C#N)n1)c1ccccc1Cl. The number of nitrogens with two attached hydrogens (primary N) is 1. The van der Waals surface area contributed by atoms with Crippen molar-refractivity contribution in [1.82, 2.24) is 15.0 Å². The Morgan fingerprint density at radius 3 is 2.67 bits per heavy atom. The molecule has 0 amide bonds. The molecule has 0 atom stereocenters. The number of aromatic nitrogens is 3. The van der Waals surface area contributed by atoms with Gasteiger partial charge in [0.05, 0.1) is 10.7 Å². The Bertz CT molecular complexity index is 621. The van der Waals surface area contributed by atoms with Gasteiger partial charge in [0.2, 0.25) is 17.7 Å². The van der Waals surface area contributed by atoms with Crippen LogP contribution in [0.5, 0.6) is 0 Å². The Balaban J connectivity index is 2.47. The molecule has 0 saturated carbocycles. The highest BCUT2D eigenvalue weighted by atomic mass is 35.5. The predicted octanol–water partition coefficient (Wildman–Crippen LogP) is 1.75. The Morgan fingerprint density at radius 1 is 1.28 bits per heavy atom. The van der Waals surface area contributed by atoms with Crippen molar-refractivity contribution in [2.45, 2.75) is 0 Å². The van der Waals surface area contributed by atoms with Gasteiger partial charge in [-0.25, -0.2) is 0 Å². The zero-order valence-electron chi connectivity index (χ0n) is 9.50. The fraction of sp³-hybridized carbons (Fsp3) is 0.0909. The Labute approximate surface area is 109 Å². The average Bonchev–Trinajstić information content (AvgIpc) is 2.37. The van der Waals surface area contributed by atoms with Crippen LogP contribution in [-0.4, -0.2) is 22.0 Å². The zero-order valence-corrected chi connectivity index (χ0v) is 10.3. The van der Waals surface area contributed by atoms with Crippen LogP contribution in [0.1, 0.15) is 5.82 Å². The van der Waals surface area contributed by atoms with E-state index < -0.39 is 0 Å². The van der Waals surface area contributed by atoms with E-state index in [1.54, 1.807) is 18.0 Å². The minimum atomic E-state index is -0.0311. The van der Waals surface area contributed by atoms with Crippen LogP contribution in [0.4, 0.5) is 17.6 Å². The van der Waals surface area contributed by atoms with Crippen LogP contribution < -0.4 is 10.6 Å². The van der Waals surface area contributed by atoms with E-state index in [0.717, 1.165) is 0 Å². The van der Waals surface area contributed by atoms with Crippen LogP contribution in [-0.2, 0) is 0 Å². The maximum Gasteiger partial charge on any atom is 0.238 e. The second-order valence-electron chi connectivity index (χ2n) is 3.44. The first-order valence-corrected chi connectivity index (χ1v) is 5.39. The van der Waals surface area contributed by atoms with Gasteiger partial charge in [0.25, 0.3) is 0 Å². The van der Waals surface area contributed by atoms with Gasteiger partial charge in [0.15, 0.2) is 0 Å². The summed E-state index contributed by atoms with van der Waals surface area (Å²) in [5, 5.41) is 9.34. The Hall–Kier alpha value is -2.39. The van der Waals surface area contributed by atoms with Gasteiger partial charge in [-0.2, -0.15) is 20.2 Å². The van der Waals surface area contributed by atoms with E-state index in [1.807, 2.05) is 24.3 Å². The lowest BCUT2D eigenvalue weighted by Crippen LogP contribution is -2.16. The van der Waals surface area contributed by atoms with Crippen molar-refractivity contribution in [1.29, 1.82) is 5.26 Å². The van der Waals surface area contributed by atoms with Gasteiger partial charge in [0, 0.05) is 7.05 Å². The normalized spacial score (nSPS) is 9.83. The topological polar surface area (TPSA) is 91.7 Å². The molecule has 1 aromatic heterocycles. The lowest BCUT2D eigenvalue weighted by atomic mass is 10.3. The Kier molecular flexibility index (Phi) is 3.26. The summed E-state index contributed by atoms with van der Waals surface area (Å²) in [4.78, 5) is 13.3. The van der Waals surface area contributed by atoms with Gasteiger partial charge < -0.3 is 10.6 Å². The summed E-state index contributed by atoms with van der Waals surface area (Å²) in [7, 11) is 1.73. The lowest BCUT2D eigenvalue weighted by molar-refractivity contribution is 0.976. The molecule has 0 saturated heterocycles. The summed E-state index contributed by atoms with van der Waals surface area (Å²) in [6, 6.07) is 9.06. The van der Waals surface area contributed by atoms with Crippen LogP contribution in [0.25, 0.3) is 0 Å². The van der Waals surface area contributed by atoms with E-state index in [1.165, 1.54) is 0 Å². The molecule has 0 aliphatic carbocycles. The molecule has 2 N–H and O–H groups in total. The zero-order chi connectivity index (χ0) is 13.1. The average molecular weight is 261 g/mol. The van der Waals surface area contributed by atoms with Crippen LogP contribution >= 0.6 is 11.6 Å². The van der Waals surface area contributed by atoms with Crippen molar-refractivity contribution >= 4 is 29.2 Å². The molecular formula is C11H9ClN6. The number of nitrogen functional groups attached to an aromatic ring is 1. The van der Waals surface area contributed by atoms with Crippen LogP contribution in [0.15, 0.2) is 24.3 Å². The third-order valence-corrected chi connectivity index (χ3v) is 2.57. The number of hydrogen-bond donors (Lipinski definition) is 1. The standard InChI is InChI=1S/C11H9ClN6/c1-18(8-5-3-2-4-7(8)12)11-16-9(6-13)15-10(14)17-11/h2-5H,1H3,(H2,14,15,16,17). The molecule has 0 aliphatic heterocycles. The fourth-order valence-corrected chi connectivity index (χ4v) is 1.67. The third-order valence-electron chi connectivity index (χ3n) is 2.25. The molecular weight excluding hydrogens is 252 g/mol. The van der Waals surface area contributed by atoms with Crippen molar-refractivity contribution < 1.29 is 0 Å². The highest BCUT2D eigenvalue weighted by molar-refractivity contribution is 6.33. The molecule has 2 rings (SSSR count). The smallest absolute Gasteiger partial charge is 0.238 e. The van der Waals surface area contributed by atoms with Crippen molar-refractivity contribution in [3.8, 4) is 6.07 Å². The number of rotatable bonds is 2. The Morgan fingerprint density at radius 2 is 2.00 bits per heavy atom. The summed E-state index contributed by atoms with van der Waals surface area (Å²) in [6.07, 6.45) is 0. The van der Waals surface area contributed by atoms with Gasteiger partial charge >= 0.3 is 0 Å². The van der Waals surface area contributed by atoms with Crippen molar-refractivity contribution in [3.05, 3.63) is 35.1 Å².